The second-order valence-electron chi connectivity index (χ2n) is 7.27. The molecule has 1 aromatic heterocycles. The highest BCUT2D eigenvalue weighted by atomic mass is 16.2. The van der Waals surface area contributed by atoms with Gasteiger partial charge in [-0.25, -0.2) is 23.5 Å². The number of aromatic nitrogens is 3. The van der Waals surface area contributed by atoms with Crippen LogP contribution in [0.4, 0.5) is 0 Å². The van der Waals surface area contributed by atoms with Gasteiger partial charge in [0.15, 0.2) is 0 Å². The minimum absolute atomic E-state index is 0.0699. The maximum atomic E-state index is 13.1. The first kappa shape index (κ1) is 16.8. The molecule has 28 heavy (non-hydrogen) atoms. The van der Waals surface area contributed by atoms with Crippen molar-refractivity contribution in [1.82, 2.24) is 18.8 Å². The van der Waals surface area contributed by atoms with Crippen LogP contribution in [0.25, 0.3) is 5.69 Å². The van der Waals surface area contributed by atoms with Gasteiger partial charge in [-0.15, -0.1) is 0 Å². The van der Waals surface area contributed by atoms with E-state index in [2.05, 4.69) is 0 Å². The second kappa shape index (κ2) is 6.37. The zero-order valence-electron chi connectivity index (χ0n) is 15.3. The van der Waals surface area contributed by atoms with Crippen LogP contribution < -0.4 is 11.4 Å². The zero-order valence-corrected chi connectivity index (χ0v) is 15.3. The molecule has 0 saturated carbocycles. The van der Waals surface area contributed by atoms with Gasteiger partial charge in [0.2, 0.25) is 5.91 Å². The second-order valence-corrected chi connectivity index (χ2v) is 7.27. The van der Waals surface area contributed by atoms with Crippen molar-refractivity contribution in [2.75, 3.05) is 6.54 Å². The average Bonchev–Trinajstić information content (AvgIpc) is 3.01. The topological polar surface area (TPSA) is 69.2 Å². The molecule has 0 aliphatic carbocycles. The van der Waals surface area contributed by atoms with E-state index in [1.807, 2.05) is 36.4 Å². The summed E-state index contributed by atoms with van der Waals surface area (Å²) in [6.07, 6.45) is 1.58. The molecule has 0 radical (unpaired) electrons. The lowest BCUT2D eigenvalue weighted by atomic mass is 9.99. The van der Waals surface area contributed by atoms with Crippen LogP contribution in [0.3, 0.4) is 0 Å². The monoisotopic (exact) mass is 376 g/mol. The molecule has 142 valence electrons. The fourth-order valence-corrected chi connectivity index (χ4v) is 4.38. The number of carbonyl (C=O) groups is 1. The quantitative estimate of drug-likeness (QED) is 0.696. The van der Waals surface area contributed by atoms with Gasteiger partial charge in [-0.1, -0.05) is 48.5 Å². The van der Waals surface area contributed by atoms with Crippen molar-refractivity contribution in [2.24, 2.45) is 0 Å². The van der Waals surface area contributed by atoms with E-state index in [4.69, 9.17) is 0 Å². The molecular formula is C21H20N4O3. The van der Waals surface area contributed by atoms with Gasteiger partial charge in [0.25, 0.3) is 0 Å². The van der Waals surface area contributed by atoms with Gasteiger partial charge >= 0.3 is 11.4 Å². The molecule has 7 heteroatoms. The van der Waals surface area contributed by atoms with Crippen LogP contribution >= 0.6 is 0 Å². The third kappa shape index (κ3) is 2.39. The Morgan fingerprint density at radius 2 is 1.43 bits per heavy atom. The van der Waals surface area contributed by atoms with Crippen LogP contribution in [-0.4, -0.2) is 31.3 Å². The van der Waals surface area contributed by atoms with E-state index in [-0.39, 0.29) is 11.6 Å². The molecule has 2 bridgehead atoms. The van der Waals surface area contributed by atoms with Gasteiger partial charge in [0.1, 0.15) is 12.2 Å². The number of hydrogen-bond acceptors (Lipinski definition) is 3. The van der Waals surface area contributed by atoms with Crippen LogP contribution in [0.5, 0.6) is 0 Å². The summed E-state index contributed by atoms with van der Waals surface area (Å²) in [5.41, 5.74) is 0.836. The molecule has 1 fully saturated rings. The molecule has 7 nitrogen and oxygen atoms in total. The van der Waals surface area contributed by atoms with Crippen LogP contribution in [-0.2, 0) is 11.2 Å². The Kier molecular flexibility index (Phi) is 3.82. The molecule has 3 aliphatic rings. The van der Waals surface area contributed by atoms with Gasteiger partial charge in [0.05, 0.1) is 5.69 Å². The number of fused-ring (bicyclic) bond motifs is 2. The Balaban J connectivity index is 1.55. The minimum Gasteiger partial charge on any atom is -0.318 e. The number of hydrogen-bond donors (Lipinski definition) is 0. The maximum Gasteiger partial charge on any atom is 0.353 e. The van der Waals surface area contributed by atoms with E-state index in [9.17, 15) is 14.4 Å². The van der Waals surface area contributed by atoms with E-state index in [0.29, 0.717) is 31.5 Å². The average molecular weight is 376 g/mol. The third-order valence-electron chi connectivity index (χ3n) is 5.71. The van der Waals surface area contributed by atoms with E-state index in [1.54, 1.807) is 29.2 Å². The number of carbonyl (C=O) groups excluding carboxylic acids is 1. The van der Waals surface area contributed by atoms with Gasteiger partial charge in [0, 0.05) is 6.54 Å². The van der Waals surface area contributed by atoms with Crippen molar-refractivity contribution in [3.8, 4) is 5.69 Å². The summed E-state index contributed by atoms with van der Waals surface area (Å²) in [7, 11) is 0. The third-order valence-corrected chi connectivity index (χ3v) is 5.71. The molecule has 4 heterocycles. The van der Waals surface area contributed by atoms with Crippen molar-refractivity contribution in [3.05, 3.63) is 87.2 Å². The summed E-state index contributed by atoms with van der Waals surface area (Å²) in [5.74, 6) is -0.0699. The van der Waals surface area contributed by atoms with Crippen LogP contribution in [0.2, 0.25) is 0 Å². The normalized spacial score (nSPS) is 20.4. The zero-order chi connectivity index (χ0) is 19.3. The highest BCUT2D eigenvalue weighted by Crippen LogP contribution is 2.37. The highest BCUT2D eigenvalue weighted by molar-refractivity contribution is 5.82. The SMILES string of the molecule is O=C1[C@@H]2CC[C@@H](N1CCc1ccccc1)n1c(=O)n(-c3ccccc3)c(=O)n12. The number of piperidine rings is 1. The van der Waals surface area contributed by atoms with Crippen molar-refractivity contribution < 1.29 is 4.79 Å². The van der Waals surface area contributed by atoms with Crippen molar-refractivity contribution in [1.29, 1.82) is 0 Å². The lowest BCUT2D eigenvalue weighted by molar-refractivity contribution is -0.152. The number of rotatable bonds is 4. The predicted octanol–water partition coefficient (Wildman–Crippen LogP) is 1.72. The lowest BCUT2D eigenvalue weighted by Gasteiger charge is -2.45. The predicted molar refractivity (Wildman–Crippen MR) is 103 cm³/mol. The van der Waals surface area contributed by atoms with Gasteiger partial charge in [-0.2, -0.15) is 0 Å². The number of nitrogens with zero attached hydrogens (tertiary/aromatic N) is 4. The maximum absolute atomic E-state index is 13.1. The fourth-order valence-electron chi connectivity index (χ4n) is 4.38. The van der Waals surface area contributed by atoms with Crippen molar-refractivity contribution >= 4 is 5.91 Å². The Morgan fingerprint density at radius 3 is 2.14 bits per heavy atom. The van der Waals surface area contributed by atoms with E-state index in [0.717, 1.165) is 5.56 Å². The fraction of sp³-hybridized carbons (Fsp3) is 0.286. The van der Waals surface area contributed by atoms with Gasteiger partial charge < -0.3 is 4.90 Å². The smallest absolute Gasteiger partial charge is 0.318 e. The Bertz CT molecular complexity index is 1140. The van der Waals surface area contributed by atoms with Gasteiger partial charge in [-0.05, 0) is 37.0 Å². The van der Waals surface area contributed by atoms with Crippen LogP contribution in [0.15, 0.2) is 70.3 Å². The Labute approximate surface area is 161 Å². The molecule has 1 amide bonds. The number of para-hydroxylation sites is 1. The molecule has 0 N–H and O–H groups in total. The molecule has 3 aliphatic heterocycles. The van der Waals surface area contributed by atoms with E-state index >= 15 is 0 Å². The molecule has 3 aromatic rings. The van der Waals surface area contributed by atoms with E-state index in [1.165, 1.54) is 13.9 Å². The molecule has 2 atom stereocenters. The molecule has 2 aromatic carbocycles. The summed E-state index contributed by atoms with van der Waals surface area (Å²) in [6.45, 7) is 0.529. The molecular weight excluding hydrogens is 356 g/mol. The summed E-state index contributed by atoms with van der Waals surface area (Å²) >= 11 is 0. The summed E-state index contributed by atoms with van der Waals surface area (Å²) in [4.78, 5) is 40.9. The summed E-state index contributed by atoms with van der Waals surface area (Å²) in [6, 6.07) is 18.2. The first-order chi connectivity index (χ1) is 13.7. The Morgan fingerprint density at radius 1 is 0.786 bits per heavy atom. The van der Waals surface area contributed by atoms with Gasteiger partial charge in [-0.3, -0.25) is 4.79 Å². The molecule has 6 rings (SSSR count). The first-order valence-corrected chi connectivity index (χ1v) is 9.52. The lowest BCUT2D eigenvalue weighted by Crippen LogP contribution is -2.57. The number of benzene rings is 2. The highest BCUT2D eigenvalue weighted by Gasteiger charge is 2.46. The summed E-state index contributed by atoms with van der Waals surface area (Å²) < 4.78 is 4.01. The first-order valence-electron chi connectivity index (χ1n) is 9.52. The minimum atomic E-state index is -0.606. The van der Waals surface area contributed by atoms with Crippen LogP contribution in [0.1, 0.15) is 30.6 Å². The van der Waals surface area contributed by atoms with Crippen LogP contribution in [0, 0.1) is 0 Å². The number of amides is 1. The molecule has 1 saturated heterocycles. The Hall–Kier alpha value is -3.35. The largest absolute Gasteiger partial charge is 0.353 e. The molecule has 0 unspecified atom stereocenters. The van der Waals surface area contributed by atoms with Crippen molar-refractivity contribution in [2.45, 2.75) is 31.5 Å². The molecule has 0 spiro atoms. The van der Waals surface area contributed by atoms with E-state index < -0.39 is 17.9 Å². The van der Waals surface area contributed by atoms with Crippen molar-refractivity contribution in [3.63, 3.8) is 0 Å². The standard InChI is InChI=1S/C21H20N4O3/c26-19-17-11-12-18(22(19)14-13-15-7-3-1-4-8-15)25-21(28)23(20(27)24(17)25)16-9-5-2-6-10-16/h1-10,17-18H,11-14H2/t17-,18-/m0/s1. The summed E-state index contributed by atoms with van der Waals surface area (Å²) in [5, 5.41) is 0.